The van der Waals surface area contributed by atoms with Gasteiger partial charge in [-0.1, -0.05) is 23.3 Å². The summed E-state index contributed by atoms with van der Waals surface area (Å²) in [5, 5.41) is 15.3. The van der Waals surface area contributed by atoms with E-state index >= 15 is 0 Å². The van der Waals surface area contributed by atoms with E-state index in [-0.39, 0.29) is 30.5 Å². The molecule has 0 aliphatic rings. The molecule has 2 N–H and O–H groups in total. The van der Waals surface area contributed by atoms with Crippen LogP contribution in [-0.2, 0) is 12.7 Å². The summed E-state index contributed by atoms with van der Waals surface area (Å²) >= 11 is 0. The number of rotatable bonds is 3. The quantitative estimate of drug-likeness (QED) is 0.904. The second-order valence-electron chi connectivity index (χ2n) is 3.24. The van der Waals surface area contributed by atoms with E-state index in [2.05, 4.69) is 25.9 Å². The largest absolute Gasteiger partial charge is 0.416 e. The molecule has 5 nitrogen and oxygen atoms in total. The Morgan fingerprint density at radius 2 is 1.94 bits per heavy atom. The lowest BCUT2D eigenvalue weighted by atomic mass is 10.1. The van der Waals surface area contributed by atoms with Crippen LogP contribution in [0.15, 0.2) is 24.3 Å². The van der Waals surface area contributed by atoms with Crippen LogP contribution in [0.5, 0.6) is 0 Å². The Bertz CT molecular complexity index is 485. The highest BCUT2D eigenvalue weighted by atomic mass is 35.5. The van der Waals surface area contributed by atoms with Gasteiger partial charge < -0.3 is 5.32 Å². The number of benzene rings is 1. The van der Waals surface area contributed by atoms with Gasteiger partial charge in [-0.2, -0.15) is 18.4 Å². The monoisotopic (exact) mass is 279 g/mol. The molecular weight excluding hydrogens is 271 g/mol. The Morgan fingerprint density at radius 1 is 1.22 bits per heavy atom. The van der Waals surface area contributed by atoms with E-state index in [1.54, 1.807) is 6.07 Å². The van der Waals surface area contributed by atoms with Crippen LogP contribution in [0.1, 0.15) is 11.1 Å². The van der Waals surface area contributed by atoms with Gasteiger partial charge in [0.15, 0.2) is 0 Å². The Morgan fingerprint density at radius 3 is 2.56 bits per heavy atom. The molecule has 0 fully saturated rings. The van der Waals surface area contributed by atoms with E-state index in [0.717, 1.165) is 6.07 Å². The Labute approximate surface area is 106 Å². The van der Waals surface area contributed by atoms with E-state index in [1.165, 1.54) is 12.1 Å². The average Bonchev–Trinajstić information content (AvgIpc) is 2.78. The molecule has 0 amide bonds. The van der Waals surface area contributed by atoms with Crippen LogP contribution < -0.4 is 5.32 Å². The predicted octanol–water partition coefficient (Wildman–Crippen LogP) is 2.25. The minimum absolute atomic E-state index is 0. The molecule has 98 valence electrons. The van der Waals surface area contributed by atoms with Crippen molar-refractivity contribution in [3.63, 3.8) is 0 Å². The first-order valence-electron chi connectivity index (χ1n) is 4.70. The van der Waals surface area contributed by atoms with E-state index in [1.807, 2.05) is 0 Å². The number of nitrogens with one attached hydrogen (secondary N) is 2. The van der Waals surface area contributed by atoms with Gasteiger partial charge in [0.05, 0.1) is 5.56 Å². The van der Waals surface area contributed by atoms with Crippen LogP contribution >= 0.6 is 12.4 Å². The van der Waals surface area contributed by atoms with Gasteiger partial charge in [0.1, 0.15) is 0 Å². The van der Waals surface area contributed by atoms with Gasteiger partial charge in [-0.25, -0.2) is 0 Å². The Balaban J connectivity index is 0.00000162. The van der Waals surface area contributed by atoms with Crippen LogP contribution in [0.25, 0.3) is 0 Å². The third kappa shape index (κ3) is 3.33. The summed E-state index contributed by atoms with van der Waals surface area (Å²) < 4.78 is 37.9. The molecule has 0 aliphatic carbocycles. The summed E-state index contributed by atoms with van der Waals surface area (Å²) in [4.78, 5) is 0. The molecule has 2 aromatic rings. The van der Waals surface area contributed by atoms with Crippen molar-refractivity contribution < 1.29 is 13.2 Å². The second-order valence-corrected chi connectivity index (χ2v) is 3.24. The van der Waals surface area contributed by atoms with E-state index in [4.69, 9.17) is 0 Å². The summed E-state index contributed by atoms with van der Waals surface area (Å²) in [5.74, 6) is 0.155. The predicted molar refractivity (Wildman–Crippen MR) is 60.2 cm³/mol. The fourth-order valence-electron chi connectivity index (χ4n) is 1.36. The maximum Gasteiger partial charge on any atom is 0.416 e. The zero-order chi connectivity index (χ0) is 12.3. The molecule has 0 atom stereocenters. The van der Waals surface area contributed by atoms with Gasteiger partial charge >= 0.3 is 6.18 Å². The van der Waals surface area contributed by atoms with Crippen molar-refractivity contribution >= 4 is 18.4 Å². The zero-order valence-corrected chi connectivity index (χ0v) is 9.72. The van der Waals surface area contributed by atoms with Crippen molar-refractivity contribution in [1.82, 2.24) is 20.6 Å². The standard InChI is InChI=1S/C9H8F3N5.ClH/c10-9(11,12)7-4-2-1-3-6(7)5-13-8-14-16-17-15-8;/h1-4H,5H2,(H2,13,14,15,16,17);1H. The zero-order valence-electron chi connectivity index (χ0n) is 8.90. The number of hydrogen-bond acceptors (Lipinski definition) is 4. The minimum Gasteiger partial charge on any atom is -0.348 e. The van der Waals surface area contributed by atoms with Crippen molar-refractivity contribution in [2.45, 2.75) is 12.7 Å². The SMILES string of the molecule is Cl.FC(F)(F)c1ccccc1CNc1nn[nH]n1. The topological polar surface area (TPSA) is 66.5 Å². The van der Waals surface area contributed by atoms with Crippen LogP contribution in [0.2, 0.25) is 0 Å². The lowest BCUT2D eigenvalue weighted by molar-refractivity contribution is -0.138. The molecule has 0 aliphatic heterocycles. The molecule has 0 spiro atoms. The minimum atomic E-state index is -4.37. The fourth-order valence-corrected chi connectivity index (χ4v) is 1.36. The molecule has 1 heterocycles. The lowest BCUT2D eigenvalue weighted by Crippen LogP contribution is -2.12. The molecule has 0 unspecified atom stereocenters. The first-order valence-corrected chi connectivity index (χ1v) is 4.70. The van der Waals surface area contributed by atoms with Crippen molar-refractivity contribution in [3.05, 3.63) is 35.4 Å². The number of hydrogen-bond donors (Lipinski definition) is 2. The molecule has 0 saturated heterocycles. The summed E-state index contributed by atoms with van der Waals surface area (Å²) in [7, 11) is 0. The third-order valence-corrected chi connectivity index (χ3v) is 2.11. The molecule has 9 heteroatoms. The van der Waals surface area contributed by atoms with Crippen molar-refractivity contribution in [3.8, 4) is 0 Å². The highest BCUT2D eigenvalue weighted by molar-refractivity contribution is 5.85. The lowest BCUT2D eigenvalue weighted by Gasteiger charge is -2.12. The van der Waals surface area contributed by atoms with Gasteiger partial charge in [0, 0.05) is 6.54 Å². The maximum absolute atomic E-state index is 12.6. The number of tetrazole rings is 1. The van der Waals surface area contributed by atoms with E-state index < -0.39 is 11.7 Å². The van der Waals surface area contributed by atoms with E-state index in [9.17, 15) is 13.2 Å². The first-order chi connectivity index (χ1) is 8.07. The molecule has 1 aromatic heterocycles. The molecule has 18 heavy (non-hydrogen) atoms. The highest BCUT2D eigenvalue weighted by Crippen LogP contribution is 2.31. The Kier molecular flexibility index (Phi) is 4.49. The summed E-state index contributed by atoms with van der Waals surface area (Å²) in [6.45, 7) is -0.0186. The number of H-pyrrole nitrogens is 1. The van der Waals surface area contributed by atoms with Crippen molar-refractivity contribution in [2.24, 2.45) is 0 Å². The van der Waals surface area contributed by atoms with Crippen LogP contribution in [-0.4, -0.2) is 20.6 Å². The van der Waals surface area contributed by atoms with Gasteiger partial charge in [-0.15, -0.1) is 17.5 Å². The number of aromatic amines is 1. The Hall–Kier alpha value is -1.83. The van der Waals surface area contributed by atoms with Crippen LogP contribution in [0.4, 0.5) is 19.1 Å². The van der Waals surface area contributed by atoms with Crippen LogP contribution in [0, 0.1) is 0 Å². The molecule has 0 bridgehead atoms. The van der Waals surface area contributed by atoms with Crippen molar-refractivity contribution in [2.75, 3.05) is 5.32 Å². The van der Waals surface area contributed by atoms with Gasteiger partial charge in [0.25, 0.3) is 5.95 Å². The first kappa shape index (κ1) is 14.2. The van der Waals surface area contributed by atoms with Crippen LogP contribution in [0.3, 0.4) is 0 Å². The van der Waals surface area contributed by atoms with Gasteiger partial charge in [0.2, 0.25) is 0 Å². The average molecular weight is 280 g/mol. The smallest absolute Gasteiger partial charge is 0.348 e. The maximum atomic E-state index is 12.6. The number of alkyl halides is 3. The van der Waals surface area contributed by atoms with E-state index in [0.29, 0.717) is 0 Å². The van der Waals surface area contributed by atoms with Crippen molar-refractivity contribution in [1.29, 1.82) is 0 Å². The molecule has 0 radical (unpaired) electrons. The summed E-state index contributed by atoms with van der Waals surface area (Å²) in [6, 6.07) is 5.33. The summed E-state index contributed by atoms with van der Waals surface area (Å²) in [6.07, 6.45) is -4.37. The number of aromatic nitrogens is 4. The second kappa shape index (κ2) is 5.67. The molecular formula is C9H9ClF3N5. The number of halogens is 4. The summed E-state index contributed by atoms with van der Waals surface area (Å²) in [5.41, 5.74) is -0.541. The highest BCUT2D eigenvalue weighted by Gasteiger charge is 2.32. The fraction of sp³-hybridized carbons (Fsp3) is 0.222. The molecule has 1 aromatic carbocycles. The number of anilines is 1. The van der Waals surface area contributed by atoms with Gasteiger partial charge in [-0.05, 0) is 16.8 Å². The normalized spacial score (nSPS) is 10.8. The molecule has 2 rings (SSSR count). The molecule has 0 saturated carbocycles. The van der Waals surface area contributed by atoms with Gasteiger partial charge in [-0.3, -0.25) is 0 Å². The number of nitrogens with zero attached hydrogens (tertiary/aromatic N) is 3. The third-order valence-electron chi connectivity index (χ3n) is 2.11.